The molecule has 0 amide bonds. The Labute approximate surface area is 88.7 Å². The highest BCUT2D eigenvalue weighted by molar-refractivity contribution is 5.85. The molecule has 1 aromatic rings. The lowest BCUT2D eigenvalue weighted by Crippen LogP contribution is -2.20. The van der Waals surface area contributed by atoms with Crippen molar-refractivity contribution >= 4 is 12.4 Å². The monoisotopic (exact) mass is 221 g/mol. The molecule has 0 spiro atoms. The molecule has 0 aromatic heterocycles. The fraction of sp³-hybridized carbons (Fsp3) is 0.400. The number of nitrogens with two attached hydrogens (primary N) is 1. The first-order valence-electron chi connectivity index (χ1n) is 4.14. The van der Waals surface area contributed by atoms with Gasteiger partial charge in [0.15, 0.2) is 0 Å². The van der Waals surface area contributed by atoms with Gasteiger partial charge in [-0.05, 0) is 30.5 Å². The summed E-state index contributed by atoms with van der Waals surface area (Å²) in [6, 6.07) is 4.12. The van der Waals surface area contributed by atoms with E-state index >= 15 is 0 Å². The van der Waals surface area contributed by atoms with Gasteiger partial charge >= 0.3 is 0 Å². The summed E-state index contributed by atoms with van der Waals surface area (Å²) in [5.74, 6) is 0. The van der Waals surface area contributed by atoms with E-state index in [9.17, 15) is 8.78 Å². The highest BCUT2D eigenvalue weighted by atomic mass is 35.5. The van der Waals surface area contributed by atoms with Gasteiger partial charge in [0.1, 0.15) is 0 Å². The molecule has 80 valence electrons. The van der Waals surface area contributed by atoms with E-state index < -0.39 is 12.5 Å². The highest BCUT2D eigenvalue weighted by Gasteiger charge is 2.19. The molecule has 1 nitrogen and oxygen atoms in total. The summed E-state index contributed by atoms with van der Waals surface area (Å²) in [7, 11) is 0. The molecule has 14 heavy (non-hydrogen) atoms. The zero-order valence-corrected chi connectivity index (χ0v) is 8.94. The molecule has 0 fully saturated rings. The maximum Gasteiger partial charge on any atom is 0.257 e. The summed E-state index contributed by atoms with van der Waals surface area (Å²) >= 11 is 0. The van der Waals surface area contributed by atoms with Crippen molar-refractivity contribution in [3.05, 3.63) is 34.9 Å². The van der Waals surface area contributed by atoms with Crippen LogP contribution in [0.25, 0.3) is 0 Å². The predicted octanol–water partition coefficient (Wildman–Crippen LogP) is 2.99. The maximum absolute atomic E-state index is 12.3. The number of alkyl halides is 2. The van der Waals surface area contributed by atoms with Gasteiger partial charge < -0.3 is 5.73 Å². The van der Waals surface area contributed by atoms with Gasteiger partial charge in [-0.2, -0.15) is 0 Å². The molecule has 0 heterocycles. The molecule has 0 aliphatic carbocycles. The Balaban J connectivity index is 0.00000169. The summed E-state index contributed by atoms with van der Waals surface area (Å²) in [4.78, 5) is 0. The lowest BCUT2D eigenvalue weighted by molar-refractivity contribution is 0.116. The smallest absolute Gasteiger partial charge is 0.257 e. The molecular weight excluding hydrogens is 208 g/mol. The van der Waals surface area contributed by atoms with Crippen molar-refractivity contribution < 1.29 is 8.78 Å². The Morgan fingerprint density at radius 1 is 1.21 bits per heavy atom. The second kappa shape index (κ2) is 5.27. The second-order valence-electron chi connectivity index (χ2n) is 3.15. The summed E-state index contributed by atoms with van der Waals surface area (Å²) < 4.78 is 24.6. The minimum Gasteiger partial charge on any atom is -0.319 e. The average molecular weight is 222 g/mol. The van der Waals surface area contributed by atoms with Gasteiger partial charge in [-0.15, -0.1) is 12.4 Å². The van der Waals surface area contributed by atoms with Crippen LogP contribution in [0.2, 0.25) is 0 Å². The van der Waals surface area contributed by atoms with Gasteiger partial charge in [-0.3, -0.25) is 0 Å². The quantitative estimate of drug-likeness (QED) is 0.817. The number of halogens is 3. The summed E-state index contributed by atoms with van der Waals surface area (Å²) in [5.41, 5.74) is 7.75. The Bertz CT molecular complexity index is 302. The Morgan fingerprint density at radius 2 is 1.79 bits per heavy atom. The highest BCUT2D eigenvalue weighted by Crippen LogP contribution is 2.23. The van der Waals surface area contributed by atoms with E-state index in [-0.39, 0.29) is 12.4 Å². The van der Waals surface area contributed by atoms with Crippen molar-refractivity contribution in [2.45, 2.75) is 26.3 Å². The molecule has 1 atom stereocenters. The van der Waals surface area contributed by atoms with E-state index in [0.717, 1.165) is 11.1 Å². The van der Waals surface area contributed by atoms with Crippen molar-refractivity contribution in [3.63, 3.8) is 0 Å². The second-order valence-corrected chi connectivity index (χ2v) is 3.15. The molecule has 1 aromatic carbocycles. The van der Waals surface area contributed by atoms with Crippen LogP contribution >= 0.6 is 12.4 Å². The third kappa shape index (κ3) is 2.66. The molecule has 0 unspecified atom stereocenters. The molecule has 0 saturated carbocycles. The number of aryl methyl sites for hydroxylation is 1. The summed E-state index contributed by atoms with van der Waals surface area (Å²) in [5, 5.41) is 0. The van der Waals surface area contributed by atoms with Crippen molar-refractivity contribution in [2.75, 3.05) is 0 Å². The number of hydrogen-bond acceptors (Lipinski definition) is 1. The molecule has 0 radical (unpaired) electrons. The lowest BCUT2D eigenvalue weighted by Gasteiger charge is -2.14. The topological polar surface area (TPSA) is 26.0 Å². The molecule has 0 bridgehead atoms. The van der Waals surface area contributed by atoms with Crippen LogP contribution in [-0.2, 0) is 0 Å². The lowest BCUT2D eigenvalue weighted by atomic mass is 9.98. The maximum atomic E-state index is 12.3. The van der Waals surface area contributed by atoms with E-state index in [1.807, 2.05) is 19.9 Å². The van der Waals surface area contributed by atoms with E-state index in [1.54, 1.807) is 12.1 Å². The summed E-state index contributed by atoms with van der Waals surface area (Å²) in [6.07, 6.45) is -2.50. The van der Waals surface area contributed by atoms with Crippen molar-refractivity contribution in [1.82, 2.24) is 0 Å². The SMILES string of the molecule is Cc1cccc([C@@H](N)C(F)F)c1C.Cl. The minimum absolute atomic E-state index is 0. The van der Waals surface area contributed by atoms with Crippen molar-refractivity contribution in [3.8, 4) is 0 Å². The first kappa shape index (κ1) is 13.3. The van der Waals surface area contributed by atoms with Crippen LogP contribution < -0.4 is 5.73 Å². The van der Waals surface area contributed by atoms with Crippen molar-refractivity contribution in [1.29, 1.82) is 0 Å². The molecule has 4 heteroatoms. The zero-order chi connectivity index (χ0) is 10.0. The van der Waals surface area contributed by atoms with Gasteiger partial charge in [0.05, 0.1) is 6.04 Å². The predicted molar refractivity (Wildman–Crippen MR) is 56.1 cm³/mol. The van der Waals surface area contributed by atoms with Crippen LogP contribution in [0.3, 0.4) is 0 Å². The van der Waals surface area contributed by atoms with Crippen LogP contribution in [-0.4, -0.2) is 6.43 Å². The normalized spacial score (nSPS) is 12.4. The Morgan fingerprint density at radius 3 is 2.29 bits per heavy atom. The van der Waals surface area contributed by atoms with Crippen LogP contribution in [0.5, 0.6) is 0 Å². The summed E-state index contributed by atoms with van der Waals surface area (Å²) in [6.45, 7) is 3.70. The Kier molecular flexibility index (Phi) is 5.02. The first-order valence-corrected chi connectivity index (χ1v) is 4.14. The third-order valence-corrected chi connectivity index (χ3v) is 2.28. The molecule has 0 aliphatic heterocycles. The van der Waals surface area contributed by atoms with Crippen LogP contribution in [0.1, 0.15) is 22.7 Å². The molecule has 1 rings (SSSR count). The van der Waals surface area contributed by atoms with Crippen LogP contribution in [0, 0.1) is 13.8 Å². The molecule has 0 saturated heterocycles. The van der Waals surface area contributed by atoms with E-state index in [0.29, 0.717) is 5.56 Å². The van der Waals surface area contributed by atoms with Crippen LogP contribution in [0.4, 0.5) is 8.78 Å². The third-order valence-electron chi connectivity index (χ3n) is 2.28. The minimum atomic E-state index is -2.50. The van der Waals surface area contributed by atoms with Crippen molar-refractivity contribution in [2.24, 2.45) is 5.73 Å². The fourth-order valence-corrected chi connectivity index (χ4v) is 1.27. The zero-order valence-electron chi connectivity index (χ0n) is 8.13. The number of rotatable bonds is 2. The van der Waals surface area contributed by atoms with Gasteiger partial charge in [0, 0.05) is 0 Å². The Hall–Kier alpha value is -0.670. The van der Waals surface area contributed by atoms with Gasteiger partial charge in [-0.1, -0.05) is 18.2 Å². The van der Waals surface area contributed by atoms with E-state index in [1.165, 1.54) is 0 Å². The number of hydrogen-bond donors (Lipinski definition) is 1. The molecule has 2 N–H and O–H groups in total. The van der Waals surface area contributed by atoms with Gasteiger partial charge in [0.25, 0.3) is 6.43 Å². The molecule has 0 aliphatic rings. The van der Waals surface area contributed by atoms with Gasteiger partial charge in [-0.25, -0.2) is 8.78 Å². The van der Waals surface area contributed by atoms with E-state index in [2.05, 4.69) is 0 Å². The first-order chi connectivity index (χ1) is 6.04. The average Bonchev–Trinajstić information content (AvgIpc) is 2.08. The van der Waals surface area contributed by atoms with Crippen LogP contribution in [0.15, 0.2) is 18.2 Å². The number of benzene rings is 1. The fourth-order valence-electron chi connectivity index (χ4n) is 1.27. The standard InChI is InChI=1S/C10H13F2N.ClH/c1-6-4-3-5-8(7(6)2)9(13)10(11)12;/h3-5,9-10H,13H2,1-2H3;1H/t9-;/m1./s1. The largest absolute Gasteiger partial charge is 0.319 e. The van der Waals surface area contributed by atoms with Gasteiger partial charge in [0.2, 0.25) is 0 Å². The molecular formula is C10H14ClF2N. The van der Waals surface area contributed by atoms with E-state index in [4.69, 9.17) is 5.73 Å².